The fourth-order valence-corrected chi connectivity index (χ4v) is 4.98. The van der Waals surface area contributed by atoms with E-state index in [1.807, 2.05) is 6.92 Å². The number of sulfone groups is 1. The van der Waals surface area contributed by atoms with Crippen LogP contribution in [0.1, 0.15) is 29.3 Å². The Morgan fingerprint density at radius 2 is 1.96 bits per heavy atom. The summed E-state index contributed by atoms with van der Waals surface area (Å²) >= 11 is 0. The van der Waals surface area contributed by atoms with Gasteiger partial charge in [-0.25, -0.2) is 12.8 Å². The molecule has 1 aliphatic rings. The molecule has 1 amide bonds. The largest absolute Gasteiger partial charge is 0.494 e. The van der Waals surface area contributed by atoms with Gasteiger partial charge in [0.05, 0.1) is 18.1 Å². The van der Waals surface area contributed by atoms with Crippen LogP contribution in [0, 0.1) is 5.82 Å². The van der Waals surface area contributed by atoms with Crippen molar-refractivity contribution in [2.24, 2.45) is 0 Å². The first-order valence-corrected chi connectivity index (χ1v) is 10.7. The summed E-state index contributed by atoms with van der Waals surface area (Å²) < 4.78 is 42.8. The highest BCUT2D eigenvalue weighted by atomic mass is 32.2. The topological polar surface area (TPSA) is 63.7 Å². The molecule has 1 atom stereocenters. The highest BCUT2D eigenvalue weighted by Gasteiger charge is 2.35. The lowest BCUT2D eigenvalue weighted by Crippen LogP contribution is -2.40. The van der Waals surface area contributed by atoms with E-state index in [9.17, 15) is 17.6 Å². The van der Waals surface area contributed by atoms with Crippen LogP contribution in [-0.4, -0.2) is 43.4 Å². The van der Waals surface area contributed by atoms with Crippen LogP contribution in [0.25, 0.3) is 0 Å². The van der Waals surface area contributed by atoms with Crippen molar-refractivity contribution in [3.8, 4) is 5.75 Å². The van der Waals surface area contributed by atoms with Gasteiger partial charge in [0.2, 0.25) is 0 Å². The van der Waals surface area contributed by atoms with Gasteiger partial charge in [0, 0.05) is 18.2 Å². The van der Waals surface area contributed by atoms with Gasteiger partial charge < -0.3 is 9.64 Å². The molecule has 1 unspecified atom stereocenters. The van der Waals surface area contributed by atoms with Crippen molar-refractivity contribution >= 4 is 15.7 Å². The summed E-state index contributed by atoms with van der Waals surface area (Å²) in [6.45, 7) is 2.56. The van der Waals surface area contributed by atoms with Crippen LogP contribution in [0.3, 0.4) is 0 Å². The van der Waals surface area contributed by atoms with Gasteiger partial charge in [0.15, 0.2) is 9.84 Å². The SMILES string of the molecule is CCOc1ccc(C(=O)N(Cc2cccc(F)c2)C2CCS(=O)(=O)C2)cc1. The first-order chi connectivity index (χ1) is 12.9. The average Bonchev–Trinajstić information content (AvgIpc) is 3.00. The molecule has 0 aromatic heterocycles. The van der Waals surface area contributed by atoms with Crippen LogP contribution in [0.5, 0.6) is 5.75 Å². The third kappa shape index (κ3) is 4.86. The molecule has 0 spiro atoms. The van der Waals surface area contributed by atoms with Gasteiger partial charge in [-0.05, 0) is 55.3 Å². The standard InChI is InChI=1S/C20H22FNO4S/c1-2-26-19-8-6-16(7-9-19)20(23)22(18-10-11-27(24,25)14-18)13-15-4-3-5-17(21)12-15/h3-9,12,18H,2,10-11,13-14H2,1H3. The normalized spacial score (nSPS) is 18.2. The quantitative estimate of drug-likeness (QED) is 0.759. The van der Waals surface area contributed by atoms with E-state index in [1.54, 1.807) is 36.4 Å². The number of rotatable bonds is 6. The number of benzene rings is 2. The van der Waals surface area contributed by atoms with Crippen molar-refractivity contribution < 1.29 is 22.3 Å². The third-order valence-corrected chi connectivity index (χ3v) is 6.31. The molecule has 0 aliphatic carbocycles. The summed E-state index contributed by atoms with van der Waals surface area (Å²) in [5.74, 6) is -0.00233. The van der Waals surface area contributed by atoms with Crippen molar-refractivity contribution in [1.82, 2.24) is 4.90 Å². The first-order valence-electron chi connectivity index (χ1n) is 8.86. The molecule has 1 heterocycles. The van der Waals surface area contributed by atoms with Gasteiger partial charge in [-0.1, -0.05) is 12.1 Å². The summed E-state index contributed by atoms with van der Waals surface area (Å²) in [7, 11) is -3.16. The molecule has 2 aromatic rings. The Kier molecular flexibility index (Phi) is 5.79. The first kappa shape index (κ1) is 19.4. The highest BCUT2D eigenvalue weighted by molar-refractivity contribution is 7.91. The Balaban J connectivity index is 1.87. The zero-order valence-electron chi connectivity index (χ0n) is 15.1. The maximum Gasteiger partial charge on any atom is 0.254 e. The van der Waals surface area contributed by atoms with Gasteiger partial charge in [-0.3, -0.25) is 4.79 Å². The number of amides is 1. The summed E-state index contributed by atoms with van der Waals surface area (Å²) in [6, 6.07) is 12.3. The van der Waals surface area contributed by atoms with E-state index < -0.39 is 15.9 Å². The molecule has 1 fully saturated rings. The molecule has 144 valence electrons. The second-order valence-electron chi connectivity index (χ2n) is 6.58. The van der Waals surface area contributed by atoms with E-state index in [4.69, 9.17) is 4.74 Å². The van der Waals surface area contributed by atoms with Crippen molar-refractivity contribution in [1.29, 1.82) is 0 Å². The molecule has 27 heavy (non-hydrogen) atoms. The molecule has 0 radical (unpaired) electrons. The average molecular weight is 391 g/mol. The maximum atomic E-state index is 13.5. The summed E-state index contributed by atoms with van der Waals surface area (Å²) in [4.78, 5) is 14.6. The predicted molar refractivity (Wildman–Crippen MR) is 101 cm³/mol. The van der Waals surface area contributed by atoms with Gasteiger partial charge in [0.25, 0.3) is 5.91 Å². The molecule has 0 N–H and O–H groups in total. The number of hydrogen-bond acceptors (Lipinski definition) is 4. The summed E-state index contributed by atoms with van der Waals surface area (Å²) in [6.07, 6.45) is 0.389. The molecule has 7 heteroatoms. The van der Waals surface area contributed by atoms with E-state index >= 15 is 0 Å². The lowest BCUT2D eigenvalue weighted by Gasteiger charge is -2.28. The fraction of sp³-hybridized carbons (Fsp3) is 0.350. The molecule has 2 aromatic carbocycles. The predicted octanol–water partition coefficient (Wildman–Crippen LogP) is 3.05. The number of carbonyl (C=O) groups is 1. The van der Waals surface area contributed by atoms with Crippen LogP contribution < -0.4 is 4.74 Å². The smallest absolute Gasteiger partial charge is 0.254 e. The van der Waals surface area contributed by atoms with Crippen molar-refractivity contribution in [3.05, 3.63) is 65.5 Å². The van der Waals surface area contributed by atoms with Crippen molar-refractivity contribution in [2.75, 3.05) is 18.1 Å². The molecule has 0 bridgehead atoms. The number of halogens is 1. The Labute approximate surface area is 158 Å². The Bertz CT molecular complexity index is 912. The second kappa shape index (κ2) is 8.08. The van der Waals surface area contributed by atoms with Crippen LogP contribution in [0.15, 0.2) is 48.5 Å². The molecule has 5 nitrogen and oxygen atoms in total. The van der Waals surface area contributed by atoms with Gasteiger partial charge in [-0.15, -0.1) is 0 Å². The van der Waals surface area contributed by atoms with Crippen molar-refractivity contribution in [2.45, 2.75) is 25.9 Å². The zero-order chi connectivity index (χ0) is 19.4. The number of carbonyl (C=O) groups excluding carboxylic acids is 1. The Hall–Kier alpha value is -2.41. The van der Waals surface area contributed by atoms with Crippen LogP contribution in [-0.2, 0) is 16.4 Å². The van der Waals surface area contributed by atoms with Crippen LogP contribution in [0.2, 0.25) is 0 Å². The highest BCUT2D eigenvalue weighted by Crippen LogP contribution is 2.23. The molecule has 1 aliphatic heterocycles. The molecule has 1 saturated heterocycles. The minimum absolute atomic E-state index is 0.0634. The zero-order valence-corrected chi connectivity index (χ0v) is 15.9. The Morgan fingerprint density at radius 3 is 2.56 bits per heavy atom. The lowest BCUT2D eigenvalue weighted by molar-refractivity contribution is 0.0680. The van der Waals surface area contributed by atoms with Gasteiger partial charge in [-0.2, -0.15) is 0 Å². The van der Waals surface area contributed by atoms with Crippen molar-refractivity contribution in [3.63, 3.8) is 0 Å². The minimum atomic E-state index is -3.16. The van der Waals surface area contributed by atoms with E-state index in [2.05, 4.69) is 0 Å². The molecule has 0 saturated carbocycles. The molecular formula is C20H22FNO4S. The third-order valence-electron chi connectivity index (χ3n) is 4.56. The number of nitrogens with zero attached hydrogens (tertiary/aromatic N) is 1. The molecule has 3 rings (SSSR count). The number of ether oxygens (including phenoxy) is 1. The lowest BCUT2D eigenvalue weighted by atomic mass is 10.1. The van der Waals surface area contributed by atoms with Gasteiger partial charge in [0.1, 0.15) is 11.6 Å². The summed E-state index contributed by atoms with van der Waals surface area (Å²) in [5, 5.41) is 0. The van der Waals surface area contributed by atoms with Crippen LogP contribution in [0.4, 0.5) is 4.39 Å². The minimum Gasteiger partial charge on any atom is -0.494 e. The maximum absolute atomic E-state index is 13.5. The monoisotopic (exact) mass is 391 g/mol. The Morgan fingerprint density at radius 1 is 1.22 bits per heavy atom. The van der Waals surface area contributed by atoms with E-state index in [1.165, 1.54) is 17.0 Å². The second-order valence-corrected chi connectivity index (χ2v) is 8.81. The van der Waals surface area contributed by atoms with E-state index in [0.29, 0.717) is 29.9 Å². The van der Waals surface area contributed by atoms with E-state index in [0.717, 1.165) is 0 Å². The fourth-order valence-electron chi connectivity index (χ4n) is 3.25. The van der Waals surface area contributed by atoms with E-state index in [-0.39, 0.29) is 29.8 Å². The molecular weight excluding hydrogens is 369 g/mol. The van der Waals surface area contributed by atoms with Gasteiger partial charge >= 0.3 is 0 Å². The number of hydrogen-bond donors (Lipinski definition) is 0. The summed E-state index contributed by atoms with van der Waals surface area (Å²) in [5.41, 5.74) is 1.07. The van der Waals surface area contributed by atoms with Crippen LogP contribution >= 0.6 is 0 Å².